The molecule has 0 bridgehead atoms. The van der Waals surface area contributed by atoms with Crippen molar-refractivity contribution in [3.8, 4) is 0 Å². The first-order valence-corrected chi connectivity index (χ1v) is 6.16. The molecular weight excluding hydrogens is 180 g/mol. The van der Waals surface area contributed by atoms with Crippen LogP contribution in [-0.2, 0) is 0 Å². The van der Waals surface area contributed by atoms with Gasteiger partial charge in [0, 0.05) is 0 Å². The largest absolute Gasteiger partial charge is 0.0648 e. The Morgan fingerprint density at radius 2 is 1.33 bits per heavy atom. The Bertz CT molecular complexity index is 279. The summed E-state index contributed by atoms with van der Waals surface area (Å²) in [5.41, 5.74) is 2.94. The summed E-state index contributed by atoms with van der Waals surface area (Å²) in [7, 11) is 0. The maximum Gasteiger partial charge on any atom is -0.0141 e. The van der Waals surface area contributed by atoms with E-state index < -0.39 is 0 Å². The van der Waals surface area contributed by atoms with Gasteiger partial charge in [-0.2, -0.15) is 0 Å². The van der Waals surface area contributed by atoms with E-state index in [9.17, 15) is 0 Å². The fourth-order valence-corrected chi connectivity index (χ4v) is 2.22. The molecule has 0 amide bonds. The average molecular weight is 204 g/mol. The number of hydrogen-bond donors (Lipinski definition) is 0. The summed E-state index contributed by atoms with van der Waals surface area (Å²) in [4.78, 5) is 0. The van der Waals surface area contributed by atoms with Gasteiger partial charge in [-0.15, -0.1) is 0 Å². The van der Waals surface area contributed by atoms with Crippen molar-refractivity contribution in [1.29, 1.82) is 0 Å². The smallest absolute Gasteiger partial charge is 0.0141 e. The van der Waals surface area contributed by atoms with Crippen LogP contribution in [0.1, 0.15) is 64.0 Å². The highest BCUT2D eigenvalue weighted by molar-refractivity contribution is 5.27. The third kappa shape index (κ3) is 3.09. The van der Waals surface area contributed by atoms with Crippen LogP contribution in [0.2, 0.25) is 0 Å². The van der Waals surface area contributed by atoms with Crippen LogP contribution in [0.25, 0.3) is 0 Å². The molecule has 0 nitrogen and oxygen atoms in total. The van der Waals surface area contributed by atoms with E-state index in [4.69, 9.17) is 0 Å². The van der Waals surface area contributed by atoms with Gasteiger partial charge in [0.1, 0.15) is 0 Å². The zero-order chi connectivity index (χ0) is 11.4. The molecule has 0 aliphatic rings. The van der Waals surface area contributed by atoms with Gasteiger partial charge in [0.2, 0.25) is 0 Å². The quantitative estimate of drug-likeness (QED) is 0.650. The Labute approximate surface area is 94.7 Å². The Morgan fingerprint density at radius 3 is 1.67 bits per heavy atom. The standard InChI is InChI=1S/C15H24/c1-6-15(12(4)5)14-9-7-13(8-10-14)11(2)3/h7-12,15H,6H2,1-5H3. The fourth-order valence-electron chi connectivity index (χ4n) is 2.22. The van der Waals surface area contributed by atoms with Crippen LogP contribution in [-0.4, -0.2) is 0 Å². The first-order chi connectivity index (χ1) is 7.06. The SMILES string of the molecule is CCC(c1ccc(C(C)C)cc1)C(C)C. The summed E-state index contributed by atoms with van der Waals surface area (Å²) in [5, 5.41) is 0. The first kappa shape index (κ1) is 12.3. The minimum Gasteiger partial charge on any atom is -0.0648 e. The van der Waals surface area contributed by atoms with E-state index in [1.807, 2.05) is 0 Å². The molecule has 0 aliphatic heterocycles. The normalized spacial score (nSPS) is 13.5. The monoisotopic (exact) mass is 204 g/mol. The zero-order valence-electron chi connectivity index (χ0n) is 10.7. The van der Waals surface area contributed by atoms with Gasteiger partial charge in [-0.1, -0.05) is 58.9 Å². The third-order valence-electron chi connectivity index (χ3n) is 3.28. The van der Waals surface area contributed by atoms with Gasteiger partial charge < -0.3 is 0 Å². The van der Waals surface area contributed by atoms with Gasteiger partial charge >= 0.3 is 0 Å². The van der Waals surface area contributed by atoms with Crippen LogP contribution in [0.4, 0.5) is 0 Å². The van der Waals surface area contributed by atoms with Crippen LogP contribution in [0.5, 0.6) is 0 Å². The van der Waals surface area contributed by atoms with Crippen molar-refractivity contribution in [2.75, 3.05) is 0 Å². The Hall–Kier alpha value is -0.780. The van der Waals surface area contributed by atoms with E-state index in [2.05, 4.69) is 58.9 Å². The molecule has 1 unspecified atom stereocenters. The van der Waals surface area contributed by atoms with Gasteiger partial charge in [0.15, 0.2) is 0 Å². The number of rotatable bonds is 4. The summed E-state index contributed by atoms with van der Waals surface area (Å²) in [5.74, 6) is 2.09. The maximum atomic E-state index is 2.31. The highest BCUT2D eigenvalue weighted by Crippen LogP contribution is 2.28. The van der Waals surface area contributed by atoms with Crippen molar-refractivity contribution in [2.45, 2.75) is 52.9 Å². The van der Waals surface area contributed by atoms with E-state index in [1.165, 1.54) is 17.5 Å². The summed E-state index contributed by atoms with van der Waals surface area (Å²) >= 11 is 0. The van der Waals surface area contributed by atoms with Crippen molar-refractivity contribution in [3.05, 3.63) is 35.4 Å². The lowest BCUT2D eigenvalue weighted by molar-refractivity contribution is 0.485. The Kier molecular flexibility index (Phi) is 4.38. The van der Waals surface area contributed by atoms with Crippen molar-refractivity contribution >= 4 is 0 Å². The highest BCUT2D eigenvalue weighted by atomic mass is 14.2. The Morgan fingerprint density at radius 1 is 0.867 bits per heavy atom. The molecule has 1 aromatic carbocycles. The molecule has 0 spiro atoms. The predicted molar refractivity (Wildman–Crippen MR) is 68.4 cm³/mol. The van der Waals surface area contributed by atoms with E-state index in [0.717, 1.165) is 5.92 Å². The van der Waals surface area contributed by atoms with Gasteiger partial charge in [-0.25, -0.2) is 0 Å². The molecule has 15 heavy (non-hydrogen) atoms. The van der Waals surface area contributed by atoms with Crippen LogP contribution in [0, 0.1) is 5.92 Å². The summed E-state index contributed by atoms with van der Waals surface area (Å²) in [6.45, 7) is 11.4. The predicted octanol–water partition coefficient (Wildman–Crippen LogP) is 4.96. The molecule has 0 N–H and O–H groups in total. The van der Waals surface area contributed by atoms with Gasteiger partial charge in [0.25, 0.3) is 0 Å². The second-order valence-corrected chi connectivity index (χ2v) is 5.08. The molecule has 1 atom stereocenters. The van der Waals surface area contributed by atoms with Gasteiger partial charge in [-0.05, 0) is 35.3 Å². The molecule has 1 aromatic rings. The molecular formula is C15H24. The second-order valence-electron chi connectivity index (χ2n) is 5.08. The molecule has 0 aromatic heterocycles. The van der Waals surface area contributed by atoms with E-state index in [-0.39, 0.29) is 0 Å². The minimum atomic E-state index is 0.637. The van der Waals surface area contributed by atoms with Crippen LogP contribution in [0.3, 0.4) is 0 Å². The third-order valence-corrected chi connectivity index (χ3v) is 3.28. The molecule has 0 saturated heterocycles. The first-order valence-electron chi connectivity index (χ1n) is 6.16. The second kappa shape index (κ2) is 5.34. The van der Waals surface area contributed by atoms with Gasteiger partial charge in [-0.3, -0.25) is 0 Å². The molecule has 0 aliphatic carbocycles. The van der Waals surface area contributed by atoms with E-state index >= 15 is 0 Å². The van der Waals surface area contributed by atoms with Crippen molar-refractivity contribution in [2.24, 2.45) is 5.92 Å². The molecule has 0 heteroatoms. The molecule has 84 valence electrons. The minimum absolute atomic E-state index is 0.637. The lowest BCUT2D eigenvalue weighted by Gasteiger charge is -2.20. The molecule has 1 rings (SSSR count). The van der Waals surface area contributed by atoms with E-state index in [1.54, 1.807) is 0 Å². The lowest BCUT2D eigenvalue weighted by atomic mass is 9.85. The fraction of sp³-hybridized carbons (Fsp3) is 0.600. The van der Waals surface area contributed by atoms with Gasteiger partial charge in [0.05, 0.1) is 0 Å². The molecule has 0 fully saturated rings. The maximum absolute atomic E-state index is 2.31. The van der Waals surface area contributed by atoms with Crippen molar-refractivity contribution < 1.29 is 0 Å². The number of benzene rings is 1. The van der Waals surface area contributed by atoms with E-state index in [0.29, 0.717) is 11.8 Å². The summed E-state index contributed by atoms with van der Waals surface area (Å²) in [6, 6.07) is 9.18. The average Bonchev–Trinajstić information content (AvgIpc) is 2.19. The Balaban J connectivity index is 2.87. The zero-order valence-corrected chi connectivity index (χ0v) is 10.7. The number of hydrogen-bond acceptors (Lipinski definition) is 0. The molecule has 0 radical (unpaired) electrons. The van der Waals surface area contributed by atoms with Crippen molar-refractivity contribution in [3.63, 3.8) is 0 Å². The van der Waals surface area contributed by atoms with Crippen LogP contribution >= 0.6 is 0 Å². The summed E-state index contributed by atoms with van der Waals surface area (Å²) in [6.07, 6.45) is 1.23. The molecule has 0 heterocycles. The van der Waals surface area contributed by atoms with Crippen molar-refractivity contribution in [1.82, 2.24) is 0 Å². The van der Waals surface area contributed by atoms with Crippen LogP contribution < -0.4 is 0 Å². The topological polar surface area (TPSA) is 0 Å². The van der Waals surface area contributed by atoms with Crippen LogP contribution in [0.15, 0.2) is 24.3 Å². The lowest BCUT2D eigenvalue weighted by Crippen LogP contribution is -2.05. The molecule has 0 saturated carbocycles. The highest BCUT2D eigenvalue weighted by Gasteiger charge is 2.13. The summed E-state index contributed by atoms with van der Waals surface area (Å²) < 4.78 is 0.